The smallest absolute Gasteiger partial charge is 0.144 e. The Labute approximate surface area is 522 Å². The summed E-state index contributed by atoms with van der Waals surface area (Å²) >= 11 is 0. The highest BCUT2D eigenvalue weighted by Gasteiger charge is 2.53. The molecule has 3 heterocycles. The van der Waals surface area contributed by atoms with Crippen LogP contribution in [-0.4, -0.2) is 4.98 Å². The average Bonchev–Trinajstić information content (AvgIpc) is 1.51. The number of rotatable bonds is 3. The molecule has 0 N–H and O–H groups in total. The highest BCUT2D eigenvalue weighted by molar-refractivity contribution is 6.21. The molecule has 0 atom stereocenters. The largest absolute Gasteiger partial charge is 0.456 e. The Bertz CT molecular complexity index is 5650. The second kappa shape index (κ2) is 17.7. The minimum absolute atomic E-state index is 0.260. The summed E-state index contributed by atoms with van der Waals surface area (Å²) in [6, 6.07) is 91.6. The molecule has 0 saturated heterocycles. The number of furan rings is 2. The van der Waals surface area contributed by atoms with Gasteiger partial charge < -0.3 is 13.7 Å². The molecule has 20 rings (SSSR count). The zero-order valence-corrected chi connectivity index (χ0v) is 50.4. The molecule has 0 saturated carbocycles. The molecular formula is C86H58N2O2. The Hall–Kier alpha value is -10.8. The van der Waals surface area contributed by atoms with E-state index in [1.807, 2.05) is 12.4 Å². The van der Waals surface area contributed by atoms with E-state index in [4.69, 9.17) is 8.83 Å². The summed E-state index contributed by atoms with van der Waals surface area (Å²) in [7, 11) is 0. The number of pyridine rings is 1. The fraction of sp³-hybridized carbons (Fsp3) is 0.105. The van der Waals surface area contributed by atoms with Crippen LogP contribution in [0.4, 0.5) is 17.1 Å². The Morgan fingerprint density at radius 2 is 0.844 bits per heavy atom. The first-order valence-electron chi connectivity index (χ1n) is 31.7. The van der Waals surface area contributed by atoms with Gasteiger partial charge in [0.2, 0.25) is 0 Å². The van der Waals surface area contributed by atoms with Gasteiger partial charge in [-0.15, -0.1) is 0 Å². The van der Waals surface area contributed by atoms with Gasteiger partial charge in [0.1, 0.15) is 22.3 Å². The summed E-state index contributed by atoms with van der Waals surface area (Å²) in [4.78, 5) is 7.07. The van der Waals surface area contributed by atoms with Crippen molar-refractivity contribution in [3.63, 3.8) is 0 Å². The molecule has 5 aliphatic carbocycles. The Kier molecular flexibility index (Phi) is 9.88. The molecule has 0 amide bonds. The first-order chi connectivity index (χ1) is 44.2. The summed E-state index contributed by atoms with van der Waals surface area (Å²) < 4.78 is 13.8. The fourth-order valence-electron chi connectivity index (χ4n) is 17.9. The van der Waals surface area contributed by atoms with Crippen LogP contribution < -0.4 is 4.90 Å². The molecule has 90 heavy (non-hydrogen) atoms. The van der Waals surface area contributed by atoms with Crippen LogP contribution in [0, 0.1) is 0 Å². The Morgan fingerprint density at radius 3 is 1.54 bits per heavy atom. The number of nitrogens with zero attached hydrogens (tertiary/aromatic N) is 2. The van der Waals surface area contributed by atoms with Gasteiger partial charge in [0.15, 0.2) is 0 Å². The molecule has 0 unspecified atom stereocenters. The lowest BCUT2D eigenvalue weighted by molar-refractivity contribution is 0.600. The Morgan fingerprint density at radius 1 is 0.322 bits per heavy atom. The quantitative estimate of drug-likeness (QED) is 0.177. The standard InChI is InChI=1S/C86H58N2O2/c1-84(2)67-28-14-11-25-61(67)80-82(84)81-78(79-64-27-13-18-32-74(64)90-83(79)80)62-36-34-55(47-71(62)85(81,3)4)88(53-39-41-87-42-40-53)54-33-35-58-51(45-54)43-49-19-5-7-21-56(49)57-22-8-6-20-50(57)44-52-46-66-72(48-65(52)58)86(68-29-15-9-23-59(68)60-24-10-16-30-69(60)86)70-37-38-75-77(76(66)70)63-26-12-17-31-73(63)89-75/h5-42,45-48H,43-44H2,1-4H3. The second-order valence-electron chi connectivity index (χ2n) is 26.7. The van der Waals surface area contributed by atoms with Gasteiger partial charge in [-0.2, -0.15) is 0 Å². The molecule has 0 fully saturated rings. The lowest BCUT2D eigenvalue weighted by Crippen LogP contribution is -2.26. The minimum Gasteiger partial charge on any atom is -0.456 e. The molecular weight excluding hydrogens is 1090 g/mol. The van der Waals surface area contributed by atoms with Crippen molar-refractivity contribution in [3.8, 4) is 66.8 Å². The van der Waals surface area contributed by atoms with Crippen LogP contribution in [0.2, 0.25) is 0 Å². The van der Waals surface area contributed by atoms with Crippen LogP contribution >= 0.6 is 0 Å². The van der Waals surface area contributed by atoms with Gasteiger partial charge in [0.25, 0.3) is 0 Å². The van der Waals surface area contributed by atoms with Crippen molar-refractivity contribution in [3.05, 3.63) is 322 Å². The predicted octanol–water partition coefficient (Wildman–Crippen LogP) is 22.1. The van der Waals surface area contributed by atoms with E-state index in [-0.39, 0.29) is 10.8 Å². The maximum Gasteiger partial charge on any atom is 0.144 e. The SMILES string of the molecule is CC1(C)c2ccccc2-c2c1c1c(c3c2oc2ccccc23)-c2ccc(N(c3ccncc3)c3ccc4c(c3)Cc3ccccc3-c3ccccc3Cc3cc5c(cc3-4)C3(c4ccccc4-c4ccccc43)c3ccc4oc6ccccc6c4c3-5)cc2C1(C)C. The van der Waals surface area contributed by atoms with Gasteiger partial charge in [0, 0.05) is 67.4 Å². The third-order valence-electron chi connectivity index (χ3n) is 21.6. The van der Waals surface area contributed by atoms with Gasteiger partial charge in [-0.25, -0.2) is 0 Å². The van der Waals surface area contributed by atoms with E-state index in [1.54, 1.807) is 0 Å². The van der Waals surface area contributed by atoms with E-state index in [9.17, 15) is 0 Å². The van der Waals surface area contributed by atoms with Crippen LogP contribution in [0.5, 0.6) is 0 Å². The number of fused-ring (bicyclic) bond motifs is 32. The van der Waals surface area contributed by atoms with Crippen LogP contribution in [0.3, 0.4) is 0 Å². The summed E-state index contributed by atoms with van der Waals surface area (Å²) in [6.45, 7) is 9.74. The molecule has 0 bridgehead atoms. The summed E-state index contributed by atoms with van der Waals surface area (Å²) in [5.74, 6) is 0. The number of para-hydroxylation sites is 2. The highest BCUT2D eigenvalue weighted by atomic mass is 16.3. The van der Waals surface area contributed by atoms with Gasteiger partial charge in [-0.3, -0.25) is 4.98 Å². The van der Waals surface area contributed by atoms with Gasteiger partial charge in [-0.05, 0) is 208 Å². The fourth-order valence-corrected chi connectivity index (χ4v) is 17.9. The first kappa shape index (κ1) is 50.2. The third kappa shape index (κ3) is 6.37. The van der Waals surface area contributed by atoms with Crippen molar-refractivity contribution in [2.24, 2.45) is 0 Å². The van der Waals surface area contributed by atoms with E-state index < -0.39 is 5.41 Å². The predicted molar refractivity (Wildman–Crippen MR) is 368 cm³/mol. The zero-order chi connectivity index (χ0) is 59.5. The molecule has 5 aliphatic rings. The van der Waals surface area contributed by atoms with Crippen molar-refractivity contribution >= 4 is 60.9 Å². The molecule has 4 heteroatoms. The lowest BCUT2D eigenvalue weighted by Gasteiger charge is -2.32. The first-order valence-corrected chi connectivity index (χ1v) is 31.7. The summed E-state index contributed by atoms with van der Waals surface area (Å²) in [5.41, 5.74) is 36.8. The summed E-state index contributed by atoms with van der Waals surface area (Å²) in [5, 5.41) is 4.69. The zero-order valence-electron chi connectivity index (χ0n) is 50.4. The van der Waals surface area contributed by atoms with E-state index in [1.165, 1.54) is 144 Å². The molecule has 1 spiro atoms. The van der Waals surface area contributed by atoms with Crippen LogP contribution in [-0.2, 0) is 29.1 Å². The molecule has 12 aromatic carbocycles. The maximum absolute atomic E-state index is 7.07. The van der Waals surface area contributed by atoms with Crippen molar-refractivity contribution in [2.45, 2.75) is 56.8 Å². The number of hydrogen-bond donors (Lipinski definition) is 0. The van der Waals surface area contributed by atoms with Crippen molar-refractivity contribution in [1.29, 1.82) is 0 Å². The van der Waals surface area contributed by atoms with Crippen LogP contribution in [0.25, 0.3) is 111 Å². The van der Waals surface area contributed by atoms with Gasteiger partial charge in [-0.1, -0.05) is 204 Å². The third-order valence-corrected chi connectivity index (χ3v) is 21.6. The van der Waals surface area contributed by atoms with Crippen molar-refractivity contribution < 1.29 is 8.83 Å². The Balaban J connectivity index is 0.834. The van der Waals surface area contributed by atoms with E-state index in [0.29, 0.717) is 0 Å². The lowest BCUT2D eigenvalue weighted by atomic mass is 9.69. The van der Waals surface area contributed by atoms with E-state index in [0.717, 1.165) is 63.0 Å². The van der Waals surface area contributed by atoms with Crippen LogP contribution in [0.1, 0.15) is 94.5 Å². The second-order valence-corrected chi connectivity index (χ2v) is 26.7. The molecule has 0 radical (unpaired) electrons. The molecule has 15 aromatic rings. The van der Waals surface area contributed by atoms with Crippen molar-refractivity contribution in [2.75, 3.05) is 4.90 Å². The molecule has 4 nitrogen and oxygen atoms in total. The summed E-state index contributed by atoms with van der Waals surface area (Å²) in [6.07, 6.45) is 5.32. The normalized spacial score (nSPS) is 15.1. The molecule has 3 aromatic heterocycles. The van der Waals surface area contributed by atoms with Gasteiger partial charge >= 0.3 is 0 Å². The van der Waals surface area contributed by atoms with E-state index in [2.05, 4.69) is 280 Å². The number of anilines is 3. The minimum atomic E-state index is -0.588. The topological polar surface area (TPSA) is 42.4 Å². The van der Waals surface area contributed by atoms with Gasteiger partial charge in [0.05, 0.1) is 5.41 Å². The molecule has 0 aliphatic heterocycles. The monoisotopic (exact) mass is 1150 g/mol. The number of benzene rings is 12. The average molecular weight is 1150 g/mol. The van der Waals surface area contributed by atoms with Crippen LogP contribution in [0.15, 0.2) is 264 Å². The van der Waals surface area contributed by atoms with Crippen molar-refractivity contribution in [1.82, 2.24) is 4.98 Å². The highest BCUT2D eigenvalue weighted by Crippen LogP contribution is 2.67. The molecule has 424 valence electrons. The number of hydrogen-bond acceptors (Lipinski definition) is 4. The number of aromatic nitrogens is 1. The maximum atomic E-state index is 7.07. The van der Waals surface area contributed by atoms with E-state index >= 15 is 0 Å².